The lowest BCUT2D eigenvalue weighted by atomic mass is 9.76. The van der Waals surface area contributed by atoms with Crippen molar-refractivity contribution in [1.29, 1.82) is 0 Å². The Bertz CT molecular complexity index is 789. The molecule has 0 amide bonds. The molecule has 0 bridgehead atoms. The number of piperidine rings is 1. The van der Waals surface area contributed by atoms with Crippen LogP contribution < -0.4 is 4.90 Å². The summed E-state index contributed by atoms with van der Waals surface area (Å²) >= 11 is 1.90. The fraction of sp³-hybridized carbons (Fsp3) is 0.700. The van der Waals surface area contributed by atoms with Gasteiger partial charge in [-0.3, -0.25) is 0 Å². The van der Waals surface area contributed by atoms with Gasteiger partial charge in [0.25, 0.3) is 0 Å². The summed E-state index contributed by atoms with van der Waals surface area (Å²) in [5, 5.41) is 1.37. The predicted molar refractivity (Wildman–Crippen MR) is 103 cm³/mol. The number of thiophene rings is 1. The average molecular weight is 358 g/mol. The summed E-state index contributed by atoms with van der Waals surface area (Å²) in [6, 6.07) is 0. The van der Waals surface area contributed by atoms with E-state index >= 15 is 0 Å². The molecule has 1 aliphatic heterocycles. The molecule has 0 aromatic carbocycles. The van der Waals surface area contributed by atoms with E-state index in [1.54, 1.807) is 16.8 Å². The van der Waals surface area contributed by atoms with E-state index in [0.29, 0.717) is 11.5 Å². The van der Waals surface area contributed by atoms with Crippen LogP contribution in [-0.4, -0.2) is 36.3 Å². The van der Waals surface area contributed by atoms with Gasteiger partial charge in [0, 0.05) is 30.5 Å². The van der Waals surface area contributed by atoms with Crippen molar-refractivity contribution in [3.05, 3.63) is 16.8 Å². The van der Waals surface area contributed by atoms with Crippen LogP contribution in [0.4, 0.5) is 5.82 Å². The van der Waals surface area contributed by atoms with Crippen LogP contribution in [0.15, 0.2) is 6.33 Å². The van der Waals surface area contributed by atoms with Crippen molar-refractivity contribution in [2.45, 2.75) is 63.9 Å². The molecule has 3 heterocycles. The van der Waals surface area contributed by atoms with E-state index in [0.717, 1.165) is 13.1 Å². The highest BCUT2D eigenvalue weighted by Crippen LogP contribution is 2.48. The van der Waals surface area contributed by atoms with Crippen molar-refractivity contribution >= 4 is 27.4 Å². The topological polar surface area (TPSA) is 38.2 Å². The molecule has 25 heavy (non-hydrogen) atoms. The number of anilines is 1. The standard InChI is InChI=1S/C20H27N3OS/c1-24-16-8-4-9-20(16)10-5-11-23(12-20)18-17-14-6-2-3-7-15(14)25-19(17)22-13-21-18/h13,16H,2-12H2,1H3/t16-,20-/m1/s1. The van der Waals surface area contributed by atoms with Crippen molar-refractivity contribution < 1.29 is 4.74 Å². The van der Waals surface area contributed by atoms with Crippen molar-refractivity contribution in [3.63, 3.8) is 0 Å². The molecule has 4 nitrogen and oxygen atoms in total. The van der Waals surface area contributed by atoms with Gasteiger partial charge in [-0.05, 0) is 56.9 Å². The van der Waals surface area contributed by atoms with Crippen molar-refractivity contribution in [2.75, 3.05) is 25.1 Å². The Balaban J connectivity index is 1.56. The minimum atomic E-state index is 0.334. The zero-order valence-electron chi connectivity index (χ0n) is 15.1. The monoisotopic (exact) mass is 357 g/mol. The fourth-order valence-electron chi connectivity index (χ4n) is 5.60. The van der Waals surface area contributed by atoms with Gasteiger partial charge in [-0.2, -0.15) is 0 Å². The first-order chi connectivity index (χ1) is 12.3. The molecule has 1 saturated heterocycles. The van der Waals surface area contributed by atoms with Gasteiger partial charge in [-0.25, -0.2) is 9.97 Å². The zero-order chi connectivity index (χ0) is 16.9. The Morgan fingerprint density at radius 1 is 1.16 bits per heavy atom. The van der Waals surface area contributed by atoms with E-state index < -0.39 is 0 Å². The summed E-state index contributed by atoms with van der Waals surface area (Å²) in [6.07, 6.45) is 13.6. The van der Waals surface area contributed by atoms with Crippen LogP contribution in [0.2, 0.25) is 0 Å². The minimum Gasteiger partial charge on any atom is -0.381 e. The number of aryl methyl sites for hydroxylation is 2. The lowest BCUT2D eigenvalue weighted by molar-refractivity contribution is 0.00220. The first kappa shape index (κ1) is 16.0. The Morgan fingerprint density at radius 3 is 2.96 bits per heavy atom. The first-order valence-corrected chi connectivity index (χ1v) is 10.7. The molecule has 1 saturated carbocycles. The van der Waals surface area contributed by atoms with E-state index in [1.165, 1.54) is 73.8 Å². The second-order valence-corrected chi connectivity index (χ2v) is 9.18. The van der Waals surface area contributed by atoms with Gasteiger partial charge >= 0.3 is 0 Å². The highest BCUT2D eigenvalue weighted by molar-refractivity contribution is 7.19. The third kappa shape index (κ3) is 2.50. The predicted octanol–water partition coefficient (Wildman–Crippen LogP) is 4.36. The van der Waals surface area contributed by atoms with Crippen LogP contribution in [0.25, 0.3) is 10.2 Å². The second-order valence-electron chi connectivity index (χ2n) is 8.09. The molecule has 2 aliphatic carbocycles. The van der Waals surface area contributed by atoms with Gasteiger partial charge in [-0.15, -0.1) is 11.3 Å². The first-order valence-electron chi connectivity index (χ1n) is 9.84. The molecule has 0 unspecified atom stereocenters. The van der Waals surface area contributed by atoms with Crippen molar-refractivity contribution in [3.8, 4) is 0 Å². The van der Waals surface area contributed by atoms with Gasteiger partial charge in [0.1, 0.15) is 17.0 Å². The summed E-state index contributed by atoms with van der Waals surface area (Å²) in [7, 11) is 1.90. The van der Waals surface area contributed by atoms with Crippen LogP contribution in [0.3, 0.4) is 0 Å². The SMILES string of the molecule is CO[C@@H]1CCC[C@]12CCCN(c1ncnc3sc4c(c13)CCCC4)C2. The van der Waals surface area contributed by atoms with Crippen LogP contribution in [0.1, 0.15) is 55.4 Å². The third-order valence-corrected chi connectivity index (χ3v) is 7.95. The molecule has 2 aromatic rings. The van der Waals surface area contributed by atoms with Crippen LogP contribution in [0, 0.1) is 5.41 Å². The number of methoxy groups -OCH3 is 1. The number of hydrogen-bond acceptors (Lipinski definition) is 5. The molecule has 2 aromatic heterocycles. The van der Waals surface area contributed by atoms with Crippen LogP contribution in [0.5, 0.6) is 0 Å². The lowest BCUT2D eigenvalue weighted by Gasteiger charge is -2.44. The number of ether oxygens (including phenoxy) is 1. The molecule has 0 radical (unpaired) electrons. The molecule has 1 spiro atoms. The molecule has 0 N–H and O–H groups in total. The highest BCUT2D eigenvalue weighted by atomic mass is 32.1. The van der Waals surface area contributed by atoms with Gasteiger partial charge in [0.2, 0.25) is 0 Å². The Kier molecular flexibility index (Phi) is 3.97. The third-order valence-electron chi connectivity index (χ3n) is 6.75. The summed E-state index contributed by atoms with van der Waals surface area (Å²) in [4.78, 5) is 14.7. The zero-order valence-corrected chi connectivity index (χ0v) is 15.9. The Labute approximate surface area is 153 Å². The largest absolute Gasteiger partial charge is 0.381 e. The maximum absolute atomic E-state index is 5.89. The van der Waals surface area contributed by atoms with Crippen LogP contribution in [-0.2, 0) is 17.6 Å². The van der Waals surface area contributed by atoms with Gasteiger partial charge in [0.05, 0.1) is 11.5 Å². The number of rotatable bonds is 2. The molecular formula is C20H27N3OS. The number of fused-ring (bicyclic) bond motifs is 3. The van der Waals surface area contributed by atoms with Crippen LogP contribution >= 0.6 is 11.3 Å². The molecule has 5 heteroatoms. The minimum absolute atomic E-state index is 0.334. The summed E-state index contributed by atoms with van der Waals surface area (Å²) in [6.45, 7) is 2.22. The number of aromatic nitrogens is 2. The maximum atomic E-state index is 5.89. The van der Waals surface area contributed by atoms with E-state index in [-0.39, 0.29) is 0 Å². The van der Waals surface area contributed by atoms with Gasteiger partial charge in [0.15, 0.2) is 0 Å². The lowest BCUT2D eigenvalue weighted by Crippen LogP contribution is -2.48. The van der Waals surface area contributed by atoms with E-state index in [1.807, 2.05) is 18.4 Å². The Morgan fingerprint density at radius 2 is 2.04 bits per heavy atom. The Hall–Kier alpha value is -1.20. The smallest absolute Gasteiger partial charge is 0.141 e. The van der Waals surface area contributed by atoms with Crippen molar-refractivity contribution in [1.82, 2.24) is 9.97 Å². The highest BCUT2D eigenvalue weighted by Gasteiger charge is 2.46. The maximum Gasteiger partial charge on any atom is 0.141 e. The normalized spacial score (nSPS) is 29.5. The number of hydrogen-bond donors (Lipinski definition) is 0. The van der Waals surface area contributed by atoms with E-state index in [4.69, 9.17) is 9.72 Å². The quantitative estimate of drug-likeness (QED) is 0.801. The second kappa shape index (κ2) is 6.20. The molecular weight excluding hydrogens is 330 g/mol. The summed E-state index contributed by atoms with van der Waals surface area (Å²) in [5.41, 5.74) is 1.89. The fourth-order valence-corrected chi connectivity index (χ4v) is 6.82. The molecule has 134 valence electrons. The van der Waals surface area contributed by atoms with Gasteiger partial charge in [-0.1, -0.05) is 6.42 Å². The molecule has 2 atom stereocenters. The summed E-state index contributed by atoms with van der Waals surface area (Å²) < 4.78 is 5.89. The molecule has 2 fully saturated rings. The molecule has 5 rings (SSSR count). The van der Waals surface area contributed by atoms with Crippen molar-refractivity contribution in [2.24, 2.45) is 5.41 Å². The van der Waals surface area contributed by atoms with Gasteiger partial charge < -0.3 is 9.64 Å². The molecule has 3 aliphatic rings. The average Bonchev–Trinajstić information content (AvgIpc) is 3.22. The van der Waals surface area contributed by atoms with E-state index in [9.17, 15) is 0 Å². The number of nitrogens with zero attached hydrogens (tertiary/aromatic N) is 3. The van der Waals surface area contributed by atoms with E-state index in [2.05, 4.69) is 9.88 Å². The summed E-state index contributed by atoms with van der Waals surface area (Å²) in [5.74, 6) is 1.20.